The van der Waals surface area contributed by atoms with Crippen molar-refractivity contribution in [2.24, 2.45) is 0 Å². The number of aromatic nitrogens is 2. The minimum absolute atomic E-state index is 0.215. The van der Waals surface area contributed by atoms with Gasteiger partial charge in [-0.2, -0.15) is 0 Å². The quantitative estimate of drug-likeness (QED) is 0.718. The lowest BCUT2D eigenvalue weighted by molar-refractivity contribution is 0.615. The maximum Gasteiger partial charge on any atom is 0.137 e. The van der Waals surface area contributed by atoms with Crippen LogP contribution in [-0.4, -0.2) is 9.97 Å². The summed E-state index contributed by atoms with van der Waals surface area (Å²) < 4.78 is 14.0. The van der Waals surface area contributed by atoms with Gasteiger partial charge in [0.15, 0.2) is 0 Å². The van der Waals surface area contributed by atoms with Gasteiger partial charge in [-0.15, -0.1) is 0 Å². The van der Waals surface area contributed by atoms with Crippen molar-refractivity contribution in [1.29, 1.82) is 0 Å². The van der Waals surface area contributed by atoms with E-state index < -0.39 is 0 Å². The molecule has 2 nitrogen and oxygen atoms in total. The molecule has 0 amide bonds. The highest BCUT2D eigenvalue weighted by atomic mass is 79.9. The number of benzene rings is 1. The van der Waals surface area contributed by atoms with E-state index in [-0.39, 0.29) is 11.2 Å². The lowest BCUT2D eigenvalue weighted by Crippen LogP contribution is -2.18. The number of hydrogen-bond acceptors (Lipinski definition) is 1. The van der Waals surface area contributed by atoms with Crippen molar-refractivity contribution in [3.63, 3.8) is 0 Å². The normalized spacial score (nSPS) is 12.0. The molecule has 1 N–H and O–H groups in total. The summed E-state index contributed by atoms with van der Waals surface area (Å²) in [4.78, 5) is 7.56. The number of pyridine rings is 1. The van der Waals surface area contributed by atoms with Crippen LogP contribution in [0.2, 0.25) is 0 Å². The molecule has 0 spiro atoms. The Bertz CT molecular complexity index is 760. The maximum atomic E-state index is 13.1. The molecule has 0 bridgehead atoms. The zero-order valence-electron chi connectivity index (χ0n) is 11.2. The molecule has 0 aliphatic heterocycles. The molecular weight excluding hydrogens is 319 g/mol. The van der Waals surface area contributed by atoms with E-state index in [1.165, 1.54) is 12.1 Å². The second-order valence-electron chi connectivity index (χ2n) is 5.38. The van der Waals surface area contributed by atoms with Crippen molar-refractivity contribution < 1.29 is 4.39 Å². The molecule has 3 aromatic rings. The fourth-order valence-corrected chi connectivity index (χ4v) is 2.85. The number of rotatable bonds is 2. The van der Waals surface area contributed by atoms with Crippen LogP contribution in [0.15, 0.2) is 47.2 Å². The van der Waals surface area contributed by atoms with E-state index in [0.717, 1.165) is 26.6 Å². The molecule has 0 saturated carbocycles. The molecule has 20 heavy (non-hydrogen) atoms. The van der Waals surface area contributed by atoms with Crippen molar-refractivity contribution in [1.82, 2.24) is 9.97 Å². The zero-order valence-corrected chi connectivity index (χ0v) is 12.8. The standard InChI is InChI=1S/C16H14BrFN2/c1-16(2,10-3-5-12(18)6-4-10)14-9-20-15-13(14)7-11(17)8-19-15/h3-9H,1-2H3,(H,19,20). The molecule has 1 aromatic carbocycles. The van der Waals surface area contributed by atoms with Gasteiger partial charge in [0.25, 0.3) is 0 Å². The Morgan fingerprint density at radius 2 is 1.90 bits per heavy atom. The van der Waals surface area contributed by atoms with Gasteiger partial charge in [0.1, 0.15) is 11.5 Å². The summed E-state index contributed by atoms with van der Waals surface area (Å²) in [7, 11) is 0. The highest BCUT2D eigenvalue weighted by molar-refractivity contribution is 9.10. The van der Waals surface area contributed by atoms with Gasteiger partial charge in [0.05, 0.1) is 0 Å². The van der Waals surface area contributed by atoms with Crippen LogP contribution in [0.3, 0.4) is 0 Å². The van der Waals surface area contributed by atoms with Gasteiger partial charge in [-0.05, 0) is 45.3 Å². The Balaban J connectivity index is 2.17. The van der Waals surface area contributed by atoms with Crippen LogP contribution in [0.5, 0.6) is 0 Å². The first kappa shape index (κ1) is 13.3. The fourth-order valence-electron chi connectivity index (χ4n) is 2.52. The molecule has 0 unspecified atom stereocenters. The highest BCUT2D eigenvalue weighted by Crippen LogP contribution is 2.36. The molecule has 0 saturated heterocycles. The lowest BCUT2D eigenvalue weighted by atomic mass is 9.78. The van der Waals surface area contributed by atoms with Crippen LogP contribution >= 0.6 is 15.9 Å². The van der Waals surface area contributed by atoms with Gasteiger partial charge >= 0.3 is 0 Å². The smallest absolute Gasteiger partial charge is 0.137 e. The van der Waals surface area contributed by atoms with E-state index in [9.17, 15) is 4.39 Å². The summed E-state index contributed by atoms with van der Waals surface area (Å²) in [5.74, 6) is -0.215. The fraction of sp³-hybridized carbons (Fsp3) is 0.188. The van der Waals surface area contributed by atoms with Crippen LogP contribution in [0, 0.1) is 5.82 Å². The number of nitrogens with zero attached hydrogens (tertiary/aromatic N) is 1. The Morgan fingerprint density at radius 3 is 2.60 bits per heavy atom. The van der Waals surface area contributed by atoms with Crippen LogP contribution in [0.4, 0.5) is 4.39 Å². The Hall–Kier alpha value is -1.68. The number of H-pyrrole nitrogens is 1. The van der Waals surface area contributed by atoms with Crippen molar-refractivity contribution in [3.8, 4) is 0 Å². The predicted octanol–water partition coefficient (Wildman–Crippen LogP) is 4.79. The van der Waals surface area contributed by atoms with Crippen LogP contribution in [-0.2, 0) is 5.41 Å². The third-order valence-electron chi connectivity index (χ3n) is 3.74. The Labute approximate surface area is 125 Å². The monoisotopic (exact) mass is 332 g/mol. The largest absolute Gasteiger partial charge is 0.346 e. The number of nitrogens with one attached hydrogen (secondary N) is 1. The maximum absolute atomic E-state index is 13.1. The number of hydrogen-bond donors (Lipinski definition) is 1. The van der Waals surface area contributed by atoms with E-state index in [2.05, 4.69) is 45.8 Å². The molecule has 0 atom stereocenters. The number of aromatic amines is 1. The summed E-state index contributed by atoms with van der Waals surface area (Å²) in [6.45, 7) is 4.26. The van der Waals surface area contributed by atoms with Crippen molar-refractivity contribution >= 4 is 27.0 Å². The second-order valence-corrected chi connectivity index (χ2v) is 6.30. The van der Waals surface area contributed by atoms with E-state index in [1.807, 2.05) is 18.3 Å². The van der Waals surface area contributed by atoms with Crippen LogP contribution < -0.4 is 0 Å². The molecule has 3 rings (SSSR count). The summed E-state index contributed by atoms with van der Waals surface area (Å²) in [6, 6.07) is 8.72. The third-order valence-corrected chi connectivity index (χ3v) is 4.17. The first-order chi connectivity index (χ1) is 9.48. The molecule has 0 aliphatic carbocycles. The average Bonchev–Trinajstić information content (AvgIpc) is 2.82. The zero-order chi connectivity index (χ0) is 14.3. The van der Waals surface area contributed by atoms with Gasteiger partial charge in [0.2, 0.25) is 0 Å². The van der Waals surface area contributed by atoms with Gasteiger partial charge in [0, 0.05) is 27.7 Å². The van der Waals surface area contributed by atoms with E-state index in [0.29, 0.717) is 0 Å². The lowest BCUT2D eigenvalue weighted by Gasteiger charge is -2.25. The predicted molar refractivity (Wildman–Crippen MR) is 82.3 cm³/mol. The molecule has 4 heteroatoms. The van der Waals surface area contributed by atoms with Gasteiger partial charge in [-0.25, -0.2) is 9.37 Å². The average molecular weight is 333 g/mol. The third kappa shape index (κ3) is 2.14. The molecule has 2 heterocycles. The molecule has 0 aliphatic rings. The molecule has 0 fully saturated rings. The molecule has 2 aromatic heterocycles. The van der Waals surface area contributed by atoms with Gasteiger partial charge in [-0.3, -0.25) is 0 Å². The van der Waals surface area contributed by atoms with Crippen molar-refractivity contribution in [2.75, 3.05) is 0 Å². The minimum atomic E-state index is -0.228. The highest BCUT2D eigenvalue weighted by Gasteiger charge is 2.26. The van der Waals surface area contributed by atoms with Crippen LogP contribution in [0.1, 0.15) is 25.0 Å². The minimum Gasteiger partial charge on any atom is -0.346 e. The van der Waals surface area contributed by atoms with Gasteiger partial charge < -0.3 is 4.98 Å². The SMILES string of the molecule is CC(C)(c1ccc(F)cc1)c1c[nH]c2ncc(Br)cc12. The number of fused-ring (bicyclic) bond motifs is 1. The molecule has 0 radical (unpaired) electrons. The Morgan fingerprint density at radius 1 is 1.20 bits per heavy atom. The first-order valence-electron chi connectivity index (χ1n) is 6.37. The first-order valence-corrected chi connectivity index (χ1v) is 7.17. The summed E-state index contributed by atoms with van der Waals surface area (Å²) >= 11 is 3.46. The topological polar surface area (TPSA) is 28.7 Å². The number of halogens is 2. The Kier molecular flexibility index (Phi) is 3.13. The second kappa shape index (κ2) is 4.70. The van der Waals surface area contributed by atoms with Crippen molar-refractivity contribution in [2.45, 2.75) is 19.3 Å². The molecular formula is C16H14BrFN2. The summed E-state index contributed by atoms with van der Waals surface area (Å²) in [5, 5.41) is 1.08. The summed E-state index contributed by atoms with van der Waals surface area (Å²) in [6.07, 6.45) is 3.75. The molecule has 102 valence electrons. The van der Waals surface area contributed by atoms with E-state index >= 15 is 0 Å². The van der Waals surface area contributed by atoms with Crippen molar-refractivity contribution in [3.05, 3.63) is 64.1 Å². The van der Waals surface area contributed by atoms with Crippen LogP contribution in [0.25, 0.3) is 11.0 Å². The van der Waals surface area contributed by atoms with Gasteiger partial charge in [-0.1, -0.05) is 26.0 Å². The summed E-state index contributed by atoms with van der Waals surface area (Å²) in [5.41, 5.74) is 2.85. The van der Waals surface area contributed by atoms with E-state index in [1.54, 1.807) is 6.20 Å². The van der Waals surface area contributed by atoms with E-state index in [4.69, 9.17) is 0 Å².